The predicted octanol–water partition coefficient (Wildman–Crippen LogP) is 11.0. The minimum absolute atomic E-state index is 0.0158. The number of allylic oxidation sites excluding steroid dienone is 1. The Balaban J connectivity index is 0.00000172. The third kappa shape index (κ3) is 8.03. The van der Waals surface area contributed by atoms with E-state index in [4.69, 9.17) is 14.3 Å². The standard InChI is InChI=1S/C49H78N2O2.CO2/c1-35(2)33-43(52)53-42-21-23-46(7)40(45(42,5)6)20-24-48(9)41(46)18-17-39-44-38(36(3)4)19-25-49(44,27-26-47(39,48)8)22-13-14-28-50-29-31-51(32-30-50)34-37-15-11-10-12-16-37;2-1-3/h10-12,15-16,35,38-42,44H,3,13-14,17-34H2,1-2,4-9H3;/t38-,39+,40-,41+,42-,44+,46-,47+,48+,49+;/m0./s1. The van der Waals surface area contributed by atoms with E-state index in [2.05, 4.69) is 102 Å². The zero-order valence-corrected chi connectivity index (χ0v) is 36.8. The quantitative estimate of drug-likeness (QED) is 0.127. The summed E-state index contributed by atoms with van der Waals surface area (Å²) in [6, 6.07) is 11.0. The first kappa shape index (κ1) is 43.3. The van der Waals surface area contributed by atoms with Crippen molar-refractivity contribution in [3.8, 4) is 0 Å². The summed E-state index contributed by atoms with van der Waals surface area (Å²) in [4.78, 5) is 34.6. The van der Waals surface area contributed by atoms with Crippen LogP contribution in [-0.4, -0.2) is 60.7 Å². The van der Waals surface area contributed by atoms with E-state index in [-0.39, 0.29) is 23.6 Å². The van der Waals surface area contributed by atoms with Crippen LogP contribution in [-0.2, 0) is 25.7 Å². The van der Waals surface area contributed by atoms with Crippen LogP contribution >= 0.6 is 0 Å². The van der Waals surface area contributed by atoms with Crippen molar-refractivity contribution in [1.82, 2.24) is 9.80 Å². The SMILES string of the molecule is C=C(C)[C@@H]1CC[C@]2(CCCCN3CCN(Cc4ccccc4)CC3)CC[C@]3(C)[C@H](CC[C@@H]4[C@@]5(C)CC[C@H](OC(=O)CC(C)C)C(C)(C)[C@@H]5CC[C@]43C)[C@@H]12.O=C=O. The summed E-state index contributed by atoms with van der Waals surface area (Å²) >= 11 is 0. The smallest absolute Gasteiger partial charge is 0.373 e. The Labute approximate surface area is 341 Å². The van der Waals surface area contributed by atoms with Crippen LogP contribution in [0.3, 0.4) is 0 Å². The second-order valence-electron chi connectivity index (χ2n) is 21.6. The minimum Gasteiger partial charge on any atom is -0.462 e. The molecule has 312 valence electrons. The van der Waals surface area contributed by atoms with Gasteiger partial charge in [-0.15, -0.1) is 0 Å². The number of benzene rings is 1. The molecule has 56 heavy (non-hydrogen) atoms. The van der Waals surface area contributed by atoms with E-state index < -0.39 is 0 Å². The molecule has 5 aliphatic carbocycles. The van der Waals surface area contributed by atoms with Crippen LogP contribution in [0.5, 0.6) is 0 Å². The topological polar surface area (TPSA) is 66.9 Å². The molecule has 6 heteroatoms. The maximum atomic E-state index is 12.9. The zero-order valence-electron chi connectivity index (χ0n) is 36.8. The van der Waals surface area contributed by atoms with Gasteiger partial charge in [0.15, 0.2) is 0 Å². The van der Waals surface area contributed by atoms with Gasteiger partial charge in [0.25, 0.3) is 0 Å². The normalized spacial score (nSPS) is 39.2. The number of carbonyl (C=O) groups excluding carboxylic acids is 3. The second kappa shape index (κ2) is 17.1. The van der Waals surface area contributed by atoms with Crippen LogP contribution in [0.25, 0.3) is 0 Å². The molecule has 1 aliphatic heterocycles. The minimum atomic E-state index is 0.0158. The van der Waals surface area contributed by atoms with Crippen molar-refractivity contribution in [1.29, 1.82) is 0 Å². The van der Waals surface area contributed by atoms with Crippen molar-refractivity contribution in [3.63, 3.8) is 0 Å². The van der Waals surface area contributed by atoms with Crippen LogP contribution in [0, 0.1) is 62.6 Å². The highest BCUT2D eigenvalue weighted by atomic mass is 16.5. The molecular weight excluding hydrogens is 693 g/mol. The van der Waals surface area contributed by atoms with Crippen LogP contribution in [0.1, 0.15) is 151 Å². The molecule has 0 bridgehead atoms. The summed E-state index contributed by atoms with van der Waals surface area (Å²) in [5, 5.41) is 0. The summed E-state index contributed by atoms with van der Waals surface area (Å²) in [6.45, 7) is 31.7. The molecule has 1 aromatic carbocycles. The predicted molar refractivity (Wildman–Crippen MR) is 225 cm³/mol. The number of hydrogen-bond acceptors (Lipinski definition) is 6. The van der Waals surface area contributed by atoms with E-state index in [0.717, 1.165) is 30.7 Å². The number of fused-ring (bicyclic) bond motifs is 7. The van der Waals surface area contributed by atoms with Crippen LogP contribution in [0.2, 0.25) is 0 Å². The van der Waals surface area contributed by atoms with Gasteiger partial charge in [0.2, 0.25) is 0 Å². The van der Waals surface area contributed by atoms with Crippen molar-refractivity contribution >= 4 is 12.1 Å². The molecule has 0 amide bonds. The fourth-order valence-corrected chi connectivity index (χ4v) is 15.3. The summed E-state index contributed by atoms with van der Waals surface area (Å²) in [7, 11) is 0. The Hall–Kier alpha value is -2.27. The van der Waals surface area contributed by atoms with Gasteiger partial charge in [-0.05, 0) is 153 Å². The van der Waals surface area contributed by atoms with Gasteiger partial charge in [0, 0.05) is 44.6 Å². The number of hydrogen-bond donors (Lipinski definition) is 0. The van der Waals surface area contributed by atoms with Crippen molar-refractivity contribution in [2.24, 2.45) is 62.6 Å². The van der Waals surface area contributed by atoms with Gasteiger partial charge in [-0.2, -0.15) is 9.59 Å². The lowest BCUT2D eigenvalue weighted by Gasteiger charge is -2.73. The van der Waals surface area contributed by atoms with Gasteiger partial charge < -0.3 is 9.64 Å². The van der Waals surface area contributed by atoms with Crippen LogP contribution in [0.15, 0.2) is 42.5 Å². The molecule has 5 saturated carbocycles. The molecular formula is C50H78N2O4. The molecule has 7 rings (SSSR count). The average molecular weight is 771 g/mol. The molecule has 1 saturated heterocycles. The number of esters is 1. The van der Waals surface area contributed by atoms with Gasteiger partial charge in [-0.25, -0.2) is 0 Å². The monoisotopic (exact) mass is 771 g/mol. The maximum absolute atomic E-state index is 12.9. The lowest BCUT2D eigenvalue weighted by atomic mass is 9.32. The van der Waals surface area contributed by atoms with Gasteiger partial charge in [0.1, 0.15) is 6.10 Å². The molecule has 0 spiro atoms. The molecule has 0 radical (unpaired) electrons. The van der Waals surface area contributed by atoms with Gasteiger partial charge in [-0.3, -0.25) is 9.69 Å². The van der Waals surface area contributed by atoms with Crippen molar-refractivity contribution < 1.29 is 19.1 Å². The molecule has 6 aliphatic rings. The van der Waals surface area contributed by atoms with E-state index >= 15 is 0 Å². The largest absolute Gasteiger partial charge is 0.462 e. The van der Waals surface area contributed by atoms with E-state index in [1.807, 2.05) is 0 Å². The number of rotatable bonds is 11. The Morgan fingerprint density at radius 2 is 1.50 bits per heavy atom. The van der Waals surface area contributed by atoms with Crippen LogP contribution < -0.4 is 0 Å². The van der Waals surface area contributed by atoms with Gasteiger partial charge in [0.05, 0.1) is 0 Å². The van der Waals surface area contributed by atoms with Crippen molar-refractivity contribution in [3.05, 3.63) is 48.0 Å². The van der Waals surface area contributed by atoms with Gasteiger partial charge >= 0.3 is 12.1 Å². The van der Waals surface area contributed by atoms with Gasteiger partial charge in [-0.1, -0.05) is 97.4 Å². The number of ether oxygens (including phenoxy) is 1. The molecule has 0 N–H and O–H groups in total. The Bertz CT molecular complexity index is 1540. The summed E-state index contributed by atoms with van der Waals surface area (Å²) < 4.78 is 6.32. The Kier molecular flexibility index (Phi) is 13.3. The highest BCUT2D eigenvalue weighted by Gasteiger charge is 2.71. The number of unbranched alkanes of at least 4 members (excludes halogenated alkanes) is 1. The maximum Gasteiger partial charge on any atom is 0.373 e. The average Bonchev–Trinajstić information content (AvgIpc) is 3.53. The number of piperazine rings is 1. The molecule has 6 fully saturated rings. The fourth-order valence-electron chi connectivity index (χ4n) is 15.3. The molecule has 1 aromatic rings. The highest BCUT2D eigenvalue weighted by Crippen LogP contribution is 2.78. The van der Waals surface area contributed by atoms with E-state index in [1.165, 1.54) is 121 Å². The Morgan fingerprint density at radius 1 is 0.821 bits per heavy atom. The highest BCUT2D eigenvalue weighted by molar-refractivity contribution is 5.69. The molecule has 0 unspecified atom stereocenters. The third-order valence-electron chi connectivity index (χ3n) is 18.1. The summed E-state index contributed by atoms with van der Waals surface area (Å²) in [6.07, 6.45) is 18.4. The number of carbonyl (C=O) groups is 1. The summed E-state index contributed by atoms with van der Waals surface area (Å²) in [5.41, 5.74) is 4.54. The molecule has 1 heterocycles. The first-order valence-corrected chi connectivity index (χ1v) is 22.9. The molecule has 6 nitrogen and oxygen atoms in total. The molecule has 0 aromatic heterocycles. The second-order valence-corrected chi connectivity index (χ2v) is 21.6. The van der Waals surface area contributed by atoms with Crippen LogP contribution in [0.4, 0.5) is 0 Å². The number of nitrogens with zero attached hydrogens (tertiary/aromatic N) is 2. The van der Waals surface area contributed by atoms with E-state index in [0.29, 0.717) is 45.8 Å². The van der Waals surface area contributed by atoms with E-state index in [9.17, 15) is 4.79 Å². The first-order chi connectivity index (χ1) is 26.5. The molecule has 10 atom stereocenters. The summed E-state index contributed by atoms with van der Waals surface area (Å²) in [5.74, 6) is 4.08. The van der Waals surface area contributed by atoms with Crippen molar-refractivity contribution in [2.75, 3.05) is 32.7 Å². The van der Waals surface area contributed by atoms with Crippen molar-refractivity contribution in [2.45, 2.75) is 158 Å². The lowest BCUT2D eigenvalue weighted by molar-refractivity contribution is -0.250. The third-order valence-corrected chi connectivity index (χ3v) is 18.1. The first-order valence-electron chi connectivity index (χ1n) is 22.9. The van der Waals surface area contributed by atoms with E-state index in [1.54, 1.807) is 0 Å². The Morgan fingerprint density at radius 3 is 2.16 bits per heavy atom. The fraction of sp³-hybridized carbons (Fsp3) is 0.800. The zero-order chi connectivity index (χ0) is 40.5. The lowest BCUT2D eigenvalue weighted by Crippen LogP contribution is -2.66.